The molecule has 3 heterocycles. The average molecular weight is 375 g/mol. The minimum Gasteiger partial charge on any atom is -0.497 e. The highest BCUT2D eigenvalue weighted by Gasteiger charge is 2.40. The smallest absolute Gasteiger partial charge is 0.224 e. The highest BCUT2D eigenvalue weighted by atomic mass is 16.5. The van der Waals surface area contributed by atoms with Gasteiger partial charge < -0.3 is 14.4 Å². The molecule has 2 aromatic rings. The number of ether oxygens (including phenoxy) is 2. The Kier molecular flexibility index (Phi) is 4.34. The van der Waals surface area contributed by atoms with E-state index in [1.807, 2.05) is 18.2 Å². The standard InChI is InChI=1S/C24H25NO3/c1-27-21-9-10-22-18(15-28-23(22)14-21)13-24(26)25-19-7-8-20(25)12-17(11-19)16-5-3-2-4-6-16/h2-6,9-11,14,18-20H,7-8,12-13,15H2,1H3. The maximum absolute atomic E-state index is 13.2. The number of carbonyl (C=O) groups excluding carboxylic acids is 1. The van der Waals surface area contributed by atoms with Crippen LogP contribution >= 0.6 is 0 Å². The highest BCUT2D eigenvalue weighted by molar-refractivity contribution is 5.81. The van der Waals surface area contributed by atoms with Gasteiger partial charge in [-0.3, -0.25) is 4.79 Å². The maximum Gasteiger partial charge on any atom is 0.224 e. The number of fused-ring (bicyclic) bond motifs is 3. The summed E-state index contributed by atoms with van der Waals surface area (Å²) in [6.07, 6.45) is 5.96. The van der Waals surface area contributed by atoms with E-state index in [0.717, 1.165) is 36.3 Å². The molecule has 4 nitrogen and oxygen atoms in total. The van der Waals surface area contributed by atoms with Crippen LogP contribution in [0.3, 0.4) is 0 Å². The van der Waals surface area contributed by atoms with E-state index < -0.39 is 0 Å². The molecule has 28 heavy (non-hydrogen) atoms. The summed E-state index contributed by atoms with van der Waals surface area (Å²) in [5, 5.41) is 0. The van der Waals surface area contributed by atoms with Gasteiger partial charge in [0.05, 0.1) is 19.8 Å². The van der Waals surface area contributed by atoms with Crippen molar-refractivity contribution >= 4 is 11.5 Å². The van der Waals surface area contributed by atoms with E-state index in [0.29, 0.717) is 19.1 Å². The minimum atomic E-state index is 0.132. The molecule has 2 aromatic carbocycles. The number of benzene rings is 2. The Morgan fingerprint density at radius 3 is 2.82 bits per heavy atom. The van der Waals surface area contributed by atoms with E-state index in [2.05, 4.69) is 41.3 Å². The Hall–Kier alpha value is -2.75. The Morgan fingerprint density at radius 2 is 2.04 bits per heavy atom. The topological polar surface area (TPSA) is 38.8 Å². The van der Waals surface area contributed by atoms with Crippen LogP contribution in [-0.4, -0.2) is 36.6 Å². The third kappa shape index (κ3) is 2.97. The molecule has 0 spiro atoms. The van der Waals surface area contributed by atoms with Crippen molar-refractivity contribution in [3.63, 3.8) is 0 Å². The second-order valence-electron chi connectivity index (χ2n) is 7.98. The van der Waals surface area contributed by atoms with Crippen molar-refractivity contribution in [2.24, 2.45) is 0 Å². The molecule has 3 atom stereocenters. The van der Waals surface area contributed by atoms with E-state index in [-0.39, 0.29) is 17.9 Å². The summed E-state index contributed by atoms with van der Waals surface area (Å²) in [6, 6.07) is 17.0. The van der Waals surface area contributed by atoms with Gasteiger partial charge in [-0.2, -0.15) is 0 Å². The summed E-state index contributed by atoms with van der Waals surface area (Å²) in [7, 11) is 1.65. The van der Waals surface area contributed by atoms with E-state index in [4.69, 9.17) is 9.47 Å². The van der Waals surface area contributed by atoms with Gasteiger partial charge in [-0.05, 0) is 36.5 Å². The first kappa shape index (κ1) is 17.4. The van der Waals surface area contributed by atoms with Crippen LogP contribution in [0.25, 0.3) is 5.57 Å². The van der Waals surface area contributed by atoms with Crippen LogP contribution < -0.4 is 9.47 Å². The molecule has 0 aliphatic carbocycles. The lowest BCUT2D eigenvalue weighted by Crippen LogP contribution is -2.43. The zero-order valence-corrected chi connectivity index (χ0v) is 16.1. The molecule has 0 aromatic heterocycles. The normalized spacial score (nSPS) is 25.1. The van der Waals surface area contributed by atoms with Crippen LogP contribution in [-0.2, 0) is 4.79 Å². The zero-order valence-electron chi connectivity index (χ0n) is 16.1. The van der Waals surface area contributed by atoms with Crippen molar-refractivity contribution in [1.82, 2.24) is 4.90 Å². The number of hydrogen-bond donors (Lipinski definition) is 0. The van der Waals surface area contributed by atoms with Crippen molar-refractivity contribution < 1.29 is 14.3 Å². The van der Waals surface area contributed by atoms with Gasteiger partial charge in [0, 0.05) is 30.0 Å². The van der Waals surface area contributed by atoms with Gasteiger partial charge in [-0.1, -0.05) is 42.5 Å². The molecule has 4 heteroatoms. The summed E-state index contributed by atoms with van der Waals surface area (Å²) in [6.45, 7) is 0.572. The van der Waals surface area contributed by atoms with Crippen LogP contribution in [0.2, 0.25) is 0 Å². The fourth-order valence-corrected chi connectivity index (χ4v) is 4.95. The van der Waals surface area contributed by atoms with E-state index in [1.54, 1.807) is 7.11 Å². The summed E-state index contributed by atoms with van der Waals surface area (Å²) in [5.41, 5.74) is 3.80. The number of nitrogens with zero attached hydrogens (tertiary/aromatic N) is 1. The molecule has 144 valence electrons. The Balaban J connectivity index is 1.32. The first-order valence-electron chi connectivity index (χ1n) is 10.1. The predicted octanol–water partition coefficient (Wildman–Crippen LogP) is 4.41. The quantitative estimate of drug-likeness (QED) is 0.795. The molecular formula is C24H25NO3. The predicted molar refractivity (Wildman–Crippen MR) is 109 cm³/mol. The van der Waals surface area contributed by atoms with E-state index in [1.165, 1.54) is 11.1 Å². The van der Waals surface area contributed by atoms with Crippen molar-refractivity contribution in [1.29, 1.82) is 0 Å². The highest BCUT2D eigenvalue weighted by Crippen LogP contribution is 2.42. The monoisotopic (exact) mass is 375 g/mol. The molecule has 3 unspecified atom stereocenters. The third-order valence-electron chi connectivity index (χ3n) is 6.35. The van der Waals surface area contributed by atoms with Gasteiger partial charge in [0.1, 0.15) is 11.5 Å². The van der Waals surface area contributed by atoms with Crippen molar-refractivity contribution in [2.45, 2.75) is 43.7 Å². The second kappa shape index (κ2) is 7.01. The fraction of sp³-hybridized carbons (Fsp3) is 0.375. The molecule has 0 radical (unpaired) electrons. The summed E-state index contributed by atoms with van der Waals surface area (Å²) in [5.74, 6) is 2.03. The maximum atomic E-state index is 13.2. The van der Waals surface area contributed by atoms with Crippen LogP contribution in [0.4, 0.5) is 0 Å². The van der Waals surface area contributed by atoms with Gasteiger partial charge in [-0.15, -0.1) is 0 Å². The lowest BCUT2D eigenvalue weighted by Gasteiger charge is -2.35. The van der Waals surface area contributed by atoms with Gasteiger partial charge in [0.25, 0.3) is 0 Å². The van der Waals surface area contributed by atoms with Gasteiger partial charge in [0.2, 0.25) is 5.91 Å². The van der Waals surface area contributed by atoms with Gasteiger partial charge in [0.15, 0.2) is 0 Å². The van der Waals surface area contributed by atoms with Gasteiger partial charge in [-0.25, -0.2) is 0 Å². The lowest BCUT2D eigenvalue weighted by atomic mass is 9.93. The zero-order chi connectivity index (χ0) is 19.1. The van der Waals surface area contributed by atoms with E-state index in [9.17, 15) is 4.79 Å². The van der Waals surface area contributed by atoms with Crippen LogP contribution in [0, 0.1) is 0 Å². The molecule has 5 rings (SSSR count). The first-order valence-corrected chi connectivity index (χ1v) is 10.1. The largest absolute Gasteiger partial charge is 0.497 e. The third-order valence-corrected chi connectivity index (χ3v) is 6.35. The molecule has 1 saturated heterocycles. The summed E-state index contributed by atoms with van der Waals surface area (Å²) in [4.78, 5) is 15.4. The van der Waals surface area contributed by atoms with Crippen LogP contribution in [0.15, 0.2) is 54.6 Å². The Labute approximate surface area is 165 Å². The summed E-state index contributed by atoms with van der Waals surface area (Å²) < 4.78 is 11.1. The Morgan fingerprint density at radius 1 is 1.18 bits per heavy atom. The van der Waals surface area contributed by atoms with Gasteiger partial charge >= 0.3 is 0 Å². The molecule has 2 bridgehead atoms. The van der Waals surface area contributed by atoms with E-state index >= 15 is 0 Å². The fourth-order valence-electron chi connectivity index (χ4n) is 4.95. The number of amides is 1. The number of methoxy groups -OCH3 is 1. The minimum absolute atomic E-state index is 0.132. The number of carbonyl (C=O) groups is 1. The molecule has 0 N–H and O–H groups in total. The van der Waals surface area contributed by atoms with Crippen molar-refractivity contribution in [3.05, 3.63) is 65.7 Å². The van der Waals surface area contributed by atoms with Crippen molar-refractivity contribution in [3.8, 4) is 11.5 Å². The summed E-state index contributed by atoms with van der Waals surface area (Å²) >= 11 is 0. The second-order valence-corrected chi connectivity index (χ2v) is 7.98. The molecule has 3 aliphatic rings. The average Bonchev–Trinajstić information content (AvgIpc) is 3.25. The molecular weight excluding hydrogens is 350 g/mol. The molecule has 1 fully saturated rings. The Bertz CT molecular complexity index is 921. The molecule has 0 saturated carbocycles. The lowest BCUT2D eigenvalue weighted by molar-refractivity contribution is -0.133. The van der Waals surface area contributed by atoms with Crippen LogP contribution in [0.5, 0.6) is 11.5 Å². The molecule has 1 amide bonds. The number of hydrogen-bond acceptors (Lipinski definition) is 3. The number of rotatable bonds is 4. The first-order chi connectivity index (χ1) is 13.7. The van der Waals surface area contributed by atoms with Crippen molar-refractivity contribution in [2.75, 3.05) is 13.7 Å². The SMILES string of the molecule is COc1ccc2c(c1)OCC2CC(=O)N1C2C=C(c3ccccc3)CC1CC2. The molecule has 3 aliphatic heterocycles. The van der Waals surface area contributed by atoms with Crippen LogP contribution in [0.1, 0.15) is 42.7 Å².